The predicted octanol–water partition coefficient (Wildman–Crippen LogP) is 4.29. The van der Waals surface area contributed by atoms with Gasteiger partial charge in [0.25, 0.3) is 0 Å². The van der Waals surface area contributed by atoms with Crippen molar-refractivity contribution in [2.45, 2.75) is 37.5 Å². The second kappa shape index (κ2) is 6.05. The number of nitrogens with two attached hydrogens (primary N) is 1. The Balaban J connectivity index is 1.32. The van der Waals surface area contributed by atoms with E-state index in [2.05, 4.69) is 16.0 Å². The Morgan fingerprint density at radius 1 is 1.25 bits per heavy atom. The number of hydrogen-bond donors (Lipinski definition) is 1. The molecule has 0 saturated heterocycles. The van der Waals surface area contributed by atoms with Gasteiger partial charge in [0.1, 0.15) is 17.3 Å². The lowest BCUT2D eigenvalue weighted by atomic mass is 9.47. The molecule has 2 saturated carbocycles. The fourth-order valence-corrected chi connectivity index (χ4v) is 5.13. The highest BCUT2D eigenvalue weighted by molar-refractivity contribution is 6.31. The zero-order valence-electron chi connectivity index (χ0n) is 15.0. The van der Waals surface area contributed by atoms with Gasteiger partial charge in [-0.1, -0.05) is 11.6 Å². The van der Waals surface area contributed by atoms with Gasteiger partial charge in [-0.25, -0.2) is 9.97 Å². The lowest BCUT2D eigenvalue weighted by Crippen LogP contribution is -2.46. The summed E-state index contributed by atoms with van der Waals surface area (Å²) in [6, 6.07) is 9.17. The minimum absolute atomic E-state index is 0.147. The van der Waals surface area contributed by atoms with E-state index in [1.807, 2.05) is 12.1 Å². The maximum atomic E-state index is 11.8. The normalized spacial score (nSPS) is 25.9. The van der Waals surface area contributed by atoms with E-state index in [9.17, 15) is 10.1 Å². The summed E-state index contributed by atoms with van der Waals surface area (Å²) in [5.41, 5.74) is 8.71. The monoisotopic (exact) mass is 392 g/mol. The van der Waals surface area contributed by atoms with E-state index in [0.717, 1.165) is 42.7 Å². The molecular weight excluding hydrogens is 376 g/mol. The van der Waals surface area contributed by atoms with Crippen molar-refractivity contribution in [1.29, 1.82) is 5.26 Å². The maximum absolute atomic E-state index is 11.8. The van der Waals surface area contributed by atoms with E-state index in [0.29, 0.717) is 27.8 Å². The molecule has 2 fully saturated rings. The lowest BCUT2D eigenvalue weighted by Gasteiger charge is -2.57. The van der Waals surface area contributed by atoms with Crippen LogP contribution in [-0.2, 0) is 0 Å². The molecular formula is C21H17ClN4O2. The first-order valence-electron chi connectivity index (χ1n) is 9.23. The summed E-state index contributed by atoms with van der Waals surface area (Å²) in [6.07, 6.45) is 5.32. The molecule has 2 heterocycles. The van der Waals surface area contributed by atoms with Gasteiger partial charge in [0.2, 0.25) is 5.91 Å². The molecule has 3 aromatic rings. The molecule has 0 aliphatic heterocycles. The summed E-state index contributed by atoms with van der Waals surface area (Å²) >= 11 is 6.02. The molecule has 2 aromatic heterocycles. The van der Waals surface area contributed by atoms with Gasteiger partial charge >= 0.3 is 0 Å². The zero-order valence-corrected chi connectivity index (χ0v) is 15.7. The number of aromatic nitrogens is 2. The van der Waals surface area contributed by atoms with Gasteiger partial charge in [-0.2, -0.15) is 5.26 Å². The van der Waals surface area contributed by atoms with E-state index in [4.69, 9.17) is 21.8 Å². The van der Waals surface area contributed by atoms with Gasteiger partial charge in [0, 0.05) is 28.3 Å². The third-order valence-corrected chi connectivity index (χ3v) is 6.44. The number of carbonyl (C=O) groups excluding carboxylic acids is 1. The van der Waals surface area contributed by atoms with Crippen LogP contribution >= 0.6 is 11.6 Å². The number of carbonyl (C=O) groups is 1. The van der Waals surface area contributed by atoms with Crippen LogP contribution in [0.2, 0.25) is 5.02 Å². The third kappa shape index (κ3) is 2.58. The number of amides is 1. The molecule has 140 valence electrons. The Hall–Kier alpha value is -2.91. The van der Waals surface area contributed by atoms with Crippen molar-refractivity contribution < 1.29 is 9.21 Å². The van der Waals surface area contributed by atoms with Crippen LogP contribution in [0.5, 0.6) is 0 Å². The fourth-order valence-electron chi connectivity index (χ4n) is 4.97. The molecule has 0 atom stereocenters. The minimum atomic E-state index is -0.508. The van der Waals surface area contributed by atoms with Crippen molar-refractivity contribution in [3.63, 3.8) is 0 Å². The Morgan fingerprint density at radius 3 is 2.71 bits per heavy atom. The summed E-state index contributed by atoms with van der Waals surface area (Å²) in [5, 5.41) is 10.0. The average molecular weight is 393 g/mol. The predicted molar refractivity (Wildman–Crippen MR) is 103 cm³/mol. The topological polar surface area (TPSA) is 106 Å². The van der Waals surface area contributed by atoms with Crippen molar-refractivity contribution in [2.24, 2.45) is 11.1 Å². The van der Waals surface area contributed by atoms with Crippen LogP contribution in [0, 0.1) is 16.7 Å². The van der Waals surface area contributed by atoms with Crippen LogP contribution in [0.15, 0.2) is 34.9 Å². The maximum Gasteiger partial charge on any atom is 0.249 e. The van der Waals surface area contributed by atoms with Gasteiger partial charge in [-0.05, 0) is 61.3 Å². The molecule has 0 unspecified atom stereocenters. The van der Waals surface area contributed by atoms with Crippen LogP contribution in [0.1, 0.15) is 65.0 Å². The standard InChI is InChI=1S/C21H17ClN4O2/c22-13-1-2-17-15(5-13)26-20(28-17)12-8-21(9-12)6-11(7-21)18-14(19(24)27)3-4-25-16(18)10-23/h1-5,11-12H,6-9H2,(H2,24,27). The highest BCUT2D eigenvalue weighted by atomic mass is 35.5. The number of oxazole rings is 1. The molecule has 28 heavy (non-hydrogen) atoms. The quantitative estimate of drug-likeness (QED) is 0.715. The second-order valence-corrected chi connectivity index (χ2v) is 8.41. The Labute approximate surface area is 166 Å². The molecule has 5 rings (SSSR count). The third-order valence-electron chi connectivity index (χ3n) is 6.20. The van der Waals surface area contributed by atoms with Crippen LogP contribution in [-0.4, -0.2) is 15.9 Å². The number of hydrogen-bond acceptors (Lipinski definition) is 5. The highest BCUT2D eigenvalue weighted by Crippen LogP contribution is 2.66. The Bertz CT molecular complexity index is 1150. The van der Waals surface area contributed by atoms with Crippen molar-refractivity contribution in [2.75, 3.05) is 0 Å². The first-order chi connectivity index (χ1) is 13.5. The summed E-state index contributed by atoms with van der Waals surface area (Å²) in [7, 11) is 0. The van der Waals surface area contributed by atoms with E-state index in [1.54, 1.807) is 12.1 Å². The molecule has 2 N–H and O–H groups in total. The Kier molecular flexibility index (Phi) is 3.72. The van der Waals surface area contributed by atoms with Crippen molar-refractivity contribution >= 4 is 28.6 Å². The van der Waals surface area contributed by atoms with Crippen LogP contribution in [0.3, 0.4) is 0 Å². The second-order valence-electron chi connectivity index (χ2n) is 7.97. The summed E-state index contributed by atoms with van der Waals surface area (Å²) in [5.74, 6) is 0.705. The lowest BCUT2D eigenvalue weighted by molar-refractivity contribution is -0.0188. The van der Waals surface area contributed by atoms with Gasteiger partial charge < -0.3 is 10.2 Å². The van der Waals surface area contributed by atoms with Crippen molar-refractivity contribution in [3.05, 3.63) is 58.2 Å². The summed E-state index contributed by atoms with van der Waals surface area (Å²) in [4.78, 5) is 20.5. The van der Waals surface area contributed by atoms with E-state index < -0.39 is 5.91 Å². The van der Waals surface area contributed by atoms with E-state index >= 15 is 0 Å². The summed E-state index contributed by atoms with van der Waals surface area (Å²) in [6.45, 7) is 0. The number of fused-ring (bicyclic) bond motifs is 1. The molecule has 1 aromatic carbocycles. The minimum Gasteiger partial charge on any atom is -0.440 e. The first kappa shape index (κ1) is 17.2. The molecule has 0 radical (unpaired) electrons. The van der Waals surface area contributed by atoms with Gasteiger partial charge in [-0.15, -0.1) is 0 Å². The van der Waals surface area contributed by atoms with E-state index in [-0.39, 0.29) is 11.3 Å². The molecule has 2 aliphatic carbocycles. The number of nitriles is 1. The number of rotatable bonds is 3. The van der Waals surface area contributed by atoms with Gasteiger partial charge in [-0.3, -0.25) is 4.79 Å². The zero-order chi connectivity index (χ0) is 19.5. The number of halogens is 1. The summed E-state index contributed by atoms with van der Waals surface area (Å²) < 4.78 is 5.90. The average Bonchev–Trinajstić information content (AvgIpc) is 3.01. The largest absolute Gasteiger partial charge is 0.440 e. The molecule has 2 aliphatic rings. The smallest absolute Gasteiger partial charge is 0.249 e. The number of nitrogens with zero attached hydrogens (tertiary/aromatic N) is 3. The van der Waals surface area contributed by atoms with Crippen molar-refractivity contribution in [1.82, 2.24) is 9.97 Å². The molecule has 6 nitrogen and oxygen atoms in total. The molecule has 7 heteroatoms. The molecule has 1 spiro atoms. The molecule has 1 amide bonds. The van der Waals surface area contributed by atoms with Crippen LogP contribution in [0.4, 0.5) is 0 Å². The number of primary amides is 1. The van der Waals surface area contributed by atoms with E-state index in [1.165, 1.54) is 6.20 Å². The highest BCUT2D eigenvalue weighted by Gasteiger charge is 2.55. The fraction of sp³-hybridized carbons (Fsp3) is 0.333. The van der Waals surface area contributed by atoms with Crippen molar-refractivity contribution in [3.8, 4) is 6.07 Å². The number of pyridine rings is 1. The van der Waals surface area contributed by atoms with Crippen LogP contribution in [0.25, 0.3) is 11.1 Å². The van der Waals surface area contributed by atoms with Gasteiger partial charge in [0.05, 0.1) is 0 Å². The SMILES string of the molecule is N#Cc1nccc(C(N)=O)c1C1CC2(CC(c3nc4cc(Cl)ccc4o3)C2)C1. The first-order valence-corrected chi connectivity index (χ1v) is 9.61. The Morgan fingerprint density at radius 2 is 2.00 bits per heavy atom. The molecule has 0 bridgehead atoms. The van der Waals surface area contributed by atoms with Gasteiger partial charge in [0.15, 0.2) is 11.5 Å². The van der Waals surface area contributed by atoms with Crippen LogP contribution < -0.4 is 5.73 Å². The number of benzene rings is 1.